The van der Waals surface area contributed by atoms with Crippen LogP contribution in [0.15, 0.2) is 6.20 Å². The maximum Gasteiger partial charge on any atom is 0.409 e. The lowest BCUT2D eigenvalue weighted by atomic mass is 10.1. The first-order valence-electron chi connectivity index (χ1n) is 7.62. The van der Waals surface area contributed by atoms with Crippen LogP contribution in [0.5, 0.6) is 0 Å². The van der Waals surface area contributed by atoms with Crippen molar-refractivity contribution in [3.63, 3.8) is 0 Å². The van der Waals surface area contributed by atoms with Gasteiger partial charge in [0, 0.05) is 33.9 Å². The van der Waals surface area contributed by atoms with Gasteiger partial charge in [-0.3, -0.25) is 9.48 Å². The number of amides is 2. The second-order valence-electron chi connectivity index (χ2n) is 5.81. The van der Waals surface area contributed by atoms with Crippen LogP contribution in [-0.2, 0) is 18.2 Å². The number of nitrogens with zero attached hydrogens (tertiary/aromatic N) is 4. The molecule has 0 radical (unpaired) electrons. The van der Waals surface area contributed by atoms with Crippen LogP contribution in [0.3, 0.4) is 0 Å². The summed E-state index contributed by atoms with van der Waals surface area (Å²) in [6.45, 7) is 3.11. The quantitative estimate of drug-likeness (QED) is 0.844. The minimum absolute atomic E-state index is 0.0319. The molecule has 2 rings (SSSR count). The van der Waals surface area contributed by atoms with E-state index in [4.69, 9.17) is 4.74 Å². The summed E-state index contributed by atoms with van der Waals surface area (Å²) in [7, 11) is 5.11. The number of carbonyl (C=O) groups is 2. The largest absolute Gasteiger partial charge is 0.444 e. The van der Waals surface area contributed by atoms with E-state index in [0.717, 1.165) is 25.0 Å². The zero-order valence-corrected chi connectivity index (χ0v) is 13.7. The van der Waals surface area contributed by atoms with Crippen molar-refractivity contribution >= 4 is 12.0 Å². The second-order valence-corrected chi connectivity index (χ2v) is 5.81. The maximum atomic E-state index is 12.7. The number of aromatic nitrogens is 2. The predicted octanol–water partition coefficient (Wildman–Crippen LogP) is 1.29. The molecule has 1 fully saturated rings. The highest BCUT2D eigenvalue weighted by Crippen LogP contribution is 2.18. The molecule has 1 unspecified atom stereocenters. The molecule has 0 spiro atoms. The van der Waals surface area contributed by atoms with Gasteiger partial charge in [-0.1, -0.05) is 6.92 Å². The summed E-state index contributed by atoms with van der Waals surface area (Å²) in [5.74, 6) is -0.0319. The van der Waals surface area contributed by atoms with Gasteiger partial charge in [0.15, 0.2) is 0 Å². The topological polar surface area (TPSA) is 67.7 Å². The summed E-state index contributed by atoms with van der Waals surface area (Å²) in [6, 6.07) is 0. The van der Waals surface area contributed by atoms with Crippen molar-refractivity contribution in [3.05, 3.63) is 17.5 Å². The first-order valence-corrected chi connectivity index (χ1v) is 7.62. The third-order valence-corrected chi connectivity index (χ3v) is 3.77. The highest BCUT2D eigenvalue weighted by Gasteiger charge is 2.29. The van der Waals surface area contributed by atoms with E-state index in [0.29, 0.717) is 18.7 Å². The van der Waals surface area contributed by atoms with Gasteiger partial charge in [0.05, 0.1) is 17.8 Å². The van der Waals surface area contributed by atoms with Crippen molar-refractivity contribution < 1.29 is 14.3 Å². The van der Waals surface area contributed by atoms with Gasteiger partial charge in [-0.15, -0.1) is 0 Å². The van der Waals surface area contributed by atoms with Crippen LogP contribution in [0.4, 0.5) is 4.79 Å². The average molecular weight is 308 g/mol. The van der Waals surface area contributed by atoms with Crippen molar-refractivity contribution in [2.45, 2.75) is 32.3 Å². The van der Waals surface area contributed by atoms with Gasteiger partial charge in [0.1, 0.15) is 6.10 Å². The Bertz CT molecular complexity index is 553. The van der Waals surface area contributed by atoms with E-state index in [1.54, 1.807) is 29.9 Å². The van der Waals surface area contributed by atoms with Gasteiger partial charge in [-0.2, -0.15) is 5.10 Å². The van der Waals surface area contributed by atoms with Gasteiger partial charge >= 0.3 is 6.09 Å². The van der Waals surface area contributed by atoms with Crippen LogP contribution >= 0.6 is 0 Å². The summed E-state index contributed by atoms with van der Waals surface area (Å²) in [5.41, 5.74) is 1.45. The monoisotopic (exact) mass is 308 g/mol. The smallest absolute Gasteiger partial charge is 0.409 e. The highest BCUT2D eigenvalue weighted by molar-refractivity contribution is 5.95. The van der Waals surface area contributed by atoms with E-state index in [-0.39, 0.29) is 18.1 Å². The summed E-state index contributed by atoms with van der Waals surface area (Å²) < 4.78 is 7.07. The van der Waals surface area contributed by atoms with E-state index in [1.807, 2.05) is 14.0 Å². The van der Waals surface area contributed by atoms with Crippen molar-refractivity contribution in [1.82, 2.24) is 19.6 Å². The fourth-order valence-electron chi connectivity index (χ4n) is 2.61. The molecule has 0 aromatic carbocycles. The Balaban J connectivity index is 2.05. The molecule has 1 aromatic heterocycles. The lowest BCUT2D eigenvalue weighted by Crippen LogP contribution is -2.45. The van der Waals surface area contributed by atoms with E-state index in [2.05, 4.69) is 5.10 Å². The van der Waals surface area contributed by atoms with Gasteiger partial charge in [0.2, 0.25) is 0 Å². The Hall–Kier alpha value is -2.05. The first-order chi connectivity index (χ1) is 10.4. The third-order valence-electron chi connectivity index (χ3n) is 3.77. The lowest BCUT2D eigenvalue weighted by Gasteiger charge is -2.32. The fraction of sp³-hybridized carbons (Fsp3) is 0.667. The maximum absolute atomic E-state index is 12.7. The highest BCUT2D eigenvalue weighted by atomic mass is 16.6. The van der Waals surface area contributed by atoms with E-state index < -0.39 is 0 Å². The average Bonchev–Trinajstić information content (AvgIpc) is 2.87. The molecule has 1 atom stereocenters. The van der Waals surface area contributed by atoms with Gasteiger partial charge in [-0.05, 0) is 19.3 Å². The molecule has 1 saturated heterocycles. The number of rotatable bonds is 3. The molecule has 122 valence electrons. The number of aryl methyl sites for hydroxylation is 2. The molecule has 0 N–H and O–H groups in total. The lowest BCUT2D eigenvalue weighted by molar-refractivity contribution is 0.0251. The molecule has 1 aliphatic heterocycles. The van der Waals surface area contributed by atoms with Crippen LogP contribution in [-0.4, -0.2) is 64.9 Å². The Kier molecular flexibility index (Phi) is 5.05. The zero-order valence-electron chi connectivity index (χ0n) is 13.7. The number of hydrogen-bond donors (Lipinski definition) is 0. The Morgan fingerprint density at radius 3 is 2.82 bits per heavy atom. The SMILES string of the molecule is CCc1nn(C)cc1C(=O)N1CCCC(OC(=O)N(C)C)C1. The van der Waals surface area contributed by atoms with Crippen LogP contribution in [0, 0.1) is 0 Å². The van der Waals surface area contributed by atoms with E-state index >= 15 is 0 Å². The standard InChI is InChI=1S/C15H24N4O3/c1-5-13-12(10-18(4)16-13)14(20)19-8-6-7-11(9-19)22-15(21)17(2)3/h10-11H,5-9H2,1-4H3. The van der Waals surface area contributed by atoms with Crippen molar-refractivity contribution in [3.8, 4) is 0 Å². The van der Waals surface area contributed by atoms with Crippen LogP contribution in [0.1, 0.15) is 35.8 Å². The van der Waals surface area contributed by atoms with Gasteiger partial charge in [-0.25, -0.2) is 4.79 Å². The number of ether oxygens (including phenoxy) is 1. The minimum Gasteiger partial charge on any atom is -0.444 e. The molecule has 1 aliphatic rings. The third kappa shape index (κ3) is 3.58. The number of piperidine rings is 1. The molecule has 0 aliphatic carbocycles. The van der Waals surface area contributed by atoms with E-state index in [9.17, 15) is 9.59 Å². The van der Waals surface area contributed by atoms with Crippen LogP contribution in [0.2, 0.25) is 0 Å². The number of hydrogen-bond acceptors (Lipinski definition) is 4. The van der Waals surface area contributed by atoms with Crippen molar-refractivity contribution in [2.24, 2.45) is 7.05 Å². The number of carbonyl (C=O) groups excluding carboxylic acids is 2. The Labute approximate surface area is 130 Å². The zero-order chi connectivity index (χ0) is 16.3. The van der Waals surface area contributed by atoms with Crippen LogP contribution in [0.25, 0.3) is 0 Å². The minimum atomic E-state index is -0.366. The second kappa shape index (κ2) is 6.81. The molecule has 7 nitrogen and oxygen atoms in total. The summed E-state index contributed by atoms with van der Waals surface area (Å²) >= 11 is 0. The van der Waals surface area contributed by atoms with Crippen LogP contribution < -0.4 is 0 Å². The van der Waals surface area contributed by atoms with Crippen molar-refractivity contribution in [1.29, 1.82) is 0 Å². The molecular weight excluding hydrogens is 284 g/mol. The molecule has 2 amide bonds. The molecular formula is C15H24N4O3. The van der Waals surface area contributed by atoms with Crippen molar-refractivity contribution in [2.75, 3.05) is 27.2 Å². The molecule has 7 heteroatoms. The number of likely N-dealkylation sites (tertiary alicyclic amines) is 1. The van der Waals surface area contributed by atoms with E-state index in [1.165, 1.54) is 4.90 Å². The van der Waals surface area contributed by atoms with Gasteiger partial charge in [0.25, 0.3) is 5.91 Å². The Morgan fingerprint density at radius 1 is 1.45 bits per heavy atom. The molecule has 0 bridgehead atoms. The molecule has 0 saturated carbocycles. The predicted molar refractivity (Wildman–Crippen MR) is 81.7 cm³/mol. The summed E-state index contributed by atoms with van der Waals surface area (Å²) in [4.78, 5) is 27.5. The molecule has 22 heavy (non-hydrogen) atoms. The summed E-state index contributed by atoms with van der Waals surface area (Å²) in [6.07, 6.45) is 3.49. The normalized spacial score (nSPS) is 18.2. The first kappa shape index (κ1) is 16.3. The molecule has 1 aromatic rings. The fourth-order valence-corrected chi connectivity index (χ4v) is 2.61. The summed E-state index contributed by atoms with van der Waals surface area (Å²) in [5, 5.41) is 4.31. The molecule has 2 heterocycles. The van der Waals surface area contributed by atoms with Gasteiger partial charge < -0.3 is 14.5 Å². The Morgan fingerprint density at radius 2 is 2.18 bits per heavy atom.